The van der Waals surface area contributed by atoms with E-state index in [1.807, 2.05) is 7.05 Å². The van der Waals surface area contributed by atoms with Gasteiger partial charge in [0.1, 0.15) is 0 Å². The Morgan fingerprint density at radius 1 is 1.25 bits per heavy atom. The van der Waals surface area contributed by atoms with Gasteiger partial charge in [-0.05, 0) is 63.9 Å². The predicted molar refractivity (Wildman–Crippen MR) is 133 cm³/mol. The van der Waals surface area contributed by atoms with Gasteiger partial charge in [0.2, 0.25) is 0 Å². The maximum absolute atomic E-state index is 4.38. The fourth-order valence-electron chi connectivity index (χ4n) is 3.55. The number of H-pyrrole nitrogens is 1. The van der Waals surface area contributed by atoms with Gasteiger partial charge in [-0.15, -0.1) is 24.0 Å². The van der Waals surface area contributed by atoms with Gasteiger partial charge in [0.15, 0.2) is 5.96 Å². The summed E-state index contributed by atoms with van der Waals surface area (Å²) in [5.74, 6) is 0.890. The Morgan fingerprint density at radius 3 is 2.68 bits per heavy atom. The summed E-state index contributed by atoms with van der Waals surface area (Å²) in [6, 6.07) is 6.89. The van der Waals surface area contributed by atoms with Crippen LogP contribution in [0.15, 0.2) is 29.4 Å². The van der Waals surface area contributed by atoms with Crippen LogP contribution >= 0.6 is 24.0 Å². The molecule has 2 rings (SSSR count). The van der Waals surface area contributed by atoms with Crippen molar-refractivity contribution >= 4 is 40.8 Å². The molecule has 1 heterocycles. The topological polar surface area (TPSA) is 55.4 Å². The van der Waals surface area contributed by atoms with Gasteiger partial charge in [-0.1, -0.05) is 32.0 Å². The number of aryl methyl sites for hydroxylation is 1. The molecule has 158 valence electrons. The van der Waals surface area contributed by atoms with Crippen LogP contribution in [-0.2, 0) is 6.42 Å². The fraction of sp³-hybridized carbons (Fsp3) is 0.591. The number of hydrogen-bond acceptors (Lipinski definition) is 2. The van der Waals surface area contributed by atoms with Gasteiger partial charge >= 0.3 is 0 Å². The monoisotopic (exact) mass is 499 g/mol. The first-order chi connectivity index (χ1) is 13.1. The van der Waals surface area contributed by atoms with Crippen molar-refractivity contribution in [2.45, 2.75) is 53.0 Å². The minimum absolute atomic E-state index is 0. The number of aliphatic imine (C=N–C) groups is 1. The van der Waals surface area contributed by atoms with Crippen molar-refractivity contribution in [2.75, 3.05) is 33.2 Å². The van der Waals surface area contributed by atoms with Crippen molar-refractivity contribution in [1.29, 1.82) is 0 Å². The van der Waals surface area contributed by atoms with Crippen LogP contribution < -0.4 is 10.6 Å². The number of hydrogen-bond donors (Lipinski definition) is 3. The molecule has 0 aliphatic rings. The molecule has 0 radical (unpaired) electrons. The van der Waals surface area contributed by atoms with Crippen molar-refractivity contribution in [1.82, 2.24) is 20.5 Å². The maximum Gasteiger partial charge on any atom is 0.191 e. The summed E-state index contributed by atoms with van der Waals surface area (Å²) >= 11 is 0. The third kappa shape index (κ3) is 7.28. The van der Waals surface area contributed by atoms with Crippen molar-refractivity contribution < 1.29 is 0 Å². The summed E-state index contributed by atoms with van der Waals surface area (Å²) in [5, 5.41) is 8.29. The highest BCUT2D eigenvalue weighted by Crippen LogP contribution is 2.21. The third-order valence-electron chi connectivity index (χ3n) is 5.31. The zero-order chi connectivity index (χ0) is 19.6. The van der Waals surface area contributed by atoms with Gasteiger partial charge in [-0.3, -0.25) is 4.99 Å². The Morgan fingerprint density at radius 2 is 2.00 bits per heavy atom. The molecule has 3 N–H and O–H groups in total. The molecule has 0 amide bonds. The van der Waals surface area contributed by atoms with Crippen LogP contribution in [0.1, 0.15) is 44.7 Å². The molecular weight excluding hydrogens is 461 g/mol. The van der Waals surface area contributed by atoms with Crippen LogP contribution in [0.25, 0.3) is 10.9 Å². The summed E-state index contributed by atoms with van der Waals surface area (Å²) in [7, 11) is 1.84. The lowest BCUT2D eigenvalue weighted by molar-refractivity contribution is 0.292. The first-order valence-corrected chi connectivity index (χ1v) is 10.3. The summed E-state index contributed by atoms with van der Waals surface area (Å²) < 4.78 is 0. The van der Waals surface area contributed by atoms with E-state index in [2.05, 4.69) is 77.6 Å². The van der Waals surface area contributed by atoms with E-state index in [1.54, 1.807) is 0 Å². The van der Waals surface area contributed by atoms with Gasteiger partial charge in [0.05, 0.1) is 0 Å². The average Bonchev–Trinajstić information content (AvgIpc) is 3.09. The number of benzene rings is 1. The van der Waals surface area contributed by atoms with E-state index in [1.165, 1.54) is 35.0 Å². The average molecular weight is 499 g/mol. The number of halogens is 1. The molecule has 5 nitrogen and oxygen atoms in total. The number of guanidine groups is 1. The molecule has 1 aromatic heterocycles. The number of aromatic amines is 1. The molecule has 28 heavy (non-hydrogen) atoms. The van der Waals surface area contributed by atoms with Crippen LogP contribution in [0.3, 0.4) is 0 Å². The van der Waals surface area contributed by atoms with Gasteiger partial charge in [-0.25, -0.2) is 0 Å². The number of rotatable bonds is 10. The number of para-hydroxylation sites is 1. The summed E-state index contributed by atoms with van der Waals surface area (Å²) in [4.78, 5) is 10.3. The van der Waals surface area contributed by atoms with Gasteiger partial charge in [0, 0.05) is 36.7 Å². The molecule has 0 fully saturated rings. The first kappa shape index (κ1) is 24.8. The van der Waals surface area contributed by atoms with E-state index in [0.717, 1.165) is 38.4 Å². The largest absolute Gasteiger partial charge is 0.361 e. The van der Waals surface area contributed by atoms with Gasteiger partial charge in [0.25, 0.3) is 0 Å². The van der Waals surface area contributed by atoms with E-state index in [0.29, 0.717) is 6.04 Å². The van der Waals surface area contributed by atoms with E-state index in [9.17, 15) is 0 Å². The van der Waals surface area contributed by atoms with E-state index in [4.69, 9.17) is 0 Å². The Kier molecular flexibility index (Phi) is 11.5. The van der Waals surface area contributed by atoms with Crippen LogP contribution in [-0.4, -0.2) is 55.1 Å². The van der Waals surface area contributed by atoms with E-state index in [-0.39, 0.29) is 24.0 Å². The highest BCUT2D eigenvalue weighted by Gasteiger charge is 2.08. The van der Waals surface area contributed by atoms with Crippen molar-refractivity contribution in [3.63, 3.8) is 0 Å². The fourth-order valence-corrected chi connectivity index (χ4v) is 3.55. The van der Waals surface area contributed by atoms with Crippen LogP contribution in [0, 0.1) is 6.92 Å². The molecule has 2 aromatic rings. The lowest BCUT2D eigenvalue weighted by Crippen LogP contribution is -2.43. The highest BCUT2D eigenvalue weighted by molar-refractivity contribution is 14.0. The lowest BCUT2D eigenvalue weighted by Gasteiger charge is -2.21. The van der Waals surface area contributed by atoms with E-state index >= 15 is 0 Å². The van der Waals surface area contributed by atoms with Gasteiger partial charge < -0.3 is 20.5 Å². The second-order valence-corrected chi connectivity index (χ2v) is 7.27. The zero-order valence-corrected chi connectivity index (χ0v) is 20.5. The molecule has 1 aromatic carbocycles. The molecule has 6 heteroatoms. The standard InChI is InChI=1S/C22H37N5.HI/c1-6-27(7-2)15-9-11-18(4)26-22(23-5)24-14-13-19-16-25-21-17(3)10-8-12-20(19)21;/h8,10,12,16,18,25H,6-7,9,11,13-15H2,1-5H3,(H2,23,24,26);1H. The maximum atomic E-state index is 4.38. The predicted octanol–water partition coefficient (Wildman–Crippen LogP) is 4.31. The minimum atomic E-state index is 0. The molecule has 0 spiro atoms. The Balaban J connectivity index is 0.00000392. The molecule has 0 aliphatic carbocycles. The molecule has 0 saturated carbocycles. The summed E-state index contributed by atoms with van der Waals surface area (Å²) in [6.07, 6.45) is 5.46. The second kappa shape index (κ2) is 13.0. The number of fused-ring (bicyclic) bond motifs is 1. The normalized spacial score (nSPS) is 12.9. The number of aromatic nitrogens is 1. The molecular formula is C22H38IN5. The Labute approximate surface area is 187 Å². The molecule has 0 aliphatic heterocycles. The zero-order valence-electron chi connectivity index (χ0n) is 18.1. The quantitative estimate of drug-likeness (QED) is 0.260. The van der Waals surface area contributed by atoms with E-state index < -0.39 is 0 Å². The molecule has 1 unspecified atom stereocenters. The van der Waals surface area contributed by atoms with Crippen LogP contribution in [0.5, 0.6) is 0 Å². The first-order valence-electron chi connectivity index (χ1n) is 10.3. The smallest absolute Gasteiger partial charge is 0.191 e. The SMILES string of the molecule is CCN(CC)CCCC(C)NC(=NC)NCCc1c[nH]c2c(C)cccc12.I. The van der Waals surface area contributed by atoms with Crippen molar-refractivity contribution in [3.05, 3.63) is 35.5 Å². The molecule has 1 atom stereocenters. The minimum Gasteiger partial charge on any atom is -0.361 e. The molecule has 0 saturated heterocycles. The highest BCUT2D eigenvalue weighted by atomic mass is 127. The van der Waals surface area contributed by atoms with Gasteiger partial charge in [-0.2, -0.15) is 0 Å². The Hall–Kier alpha value is -1.28. The van der Waals surface area contributed by atoms with Crippen molar-refractivity contribution in [3.8, 4) is 0 Å². The molecule has 0 bridgehead atoms. The summed E-state index contributed by atoms with van der Waals surface area (Å²) in [6.45, 7) is 13.1. The lowest BCUT2D eigenvalue weighted by atomic mass is 10.1. The van der Waals surface area contributed by atoms with Crippen LogP contribution in [0.4, 0.5) is 0 Å². The van der Waals surface area contributed by atoms with Crippen molar-refractivity contribution in [2.24, 2.45) is 4.99 Å². The second-order valence-electron chi connectivity index (χ2n) is 7.27. The summed E-state index contributed by atoms with van der Waals surface area (Å²) in [5.41, 5.74) is 3.89. The Bertz CT molecular complexity index is 721. The van der Waals surface area contributed by atoms with Crippen LogP contribution in [0.2, 0.25) is 0 Å². The third-order valence-corrected chi connectivity index (χ3v) is 5.31. The number of nitrogens with zero attached hydrogens (tertiary/aromatic N) is 2. The number of nitrogens with one attached hydrogen (secondary N) is 3.